The maximum Gasteiger partial charge on any atom is 0.252 e. The summed E-state index contributed by atoms with van der Waals surface area (Å²) in [6.45, 7) is -0.0459. The van der Waals surface area contributed by atoms with Crippen LogP contribution in [0, 0.1) is 17.1 Å². The van der Waals surface area contributed by atoms with Gasteiger partial charge in [-0.3, -0.25) is 4.79 Å². The Labute approximate surface area is 188 Å². The molecule has 32 heavy (non-hydrogen) atoms. The molecule has 0 aliphatic carbocycles. The maximum atomic E-state index is 13.2. The number of carbonyl (C=O) groups excluding carboxylic acids is 1. The van der Waals surface area contributed by atoms with Gasteiger partial charge in [0.15, 0.2) is 0 Å². The van der Waals surface area contributed by atoms with E-state index in [4.69, 9.17) is 5.73 Å². The van der Waals surface area contributed by atoms with Crippen LogP contribution >= 0.6 is 11.3 Å². The quantitative estimate of drug-likeness (QED) is 0.453. The molecule has 0 aliphatic heterocycles. The number of nitriles is 1. The number of anilines is 1. The topological polar surface area (TPSA) is 134 Å². The monoisotopic (exact) mass is 476 g/mol. The molecular formula is C20H21FN6O3S2. The lowest BCUT2D eigenvalue weighted by Gasteiger charge is -2.15. The Bertz CT molecular complexity index is 1230. The molecule has 1 aromatic carbocycles. The summed E-state index contributed by atoms with van der Waals surface area (Å²) in [6, 6.07) is 10.7. The minimum atomic E-state index is -3.70. The number of carbonyl (C=O) groups is 1. The molecule has 0 saturated carbocycles. The van der Waals surface area contributed by atoms with E-state index in [9.17, 15) is 22.9 Å². The molecule has 3 N–H and O–H groups in total. The first-order valence-corrected chi connectivity index (χ1v) is 11.9. The number of thiophene rings is 1. The van der Waals surface area contributed by atoms with Gasteiger partial charge in [0.2, 0.25) is 5.91 Å². The van der Waals surface area contributed by atoms with Gasteiger partial charge < -0.3 is 11.1 Å². The van der Waals surface area contributed by atoms with Crippen molar-refractivity contribution in [3.8, 4) is 11.8 Å². The zero-order chi connectivity index (χ0) is 23.3. The molecule has 2 heterocycles. The molecule has 0 bridgehead atoms. The van der Waals surface area contributed by atoms with Crippen LogP contribution in [0.1, 0.15) is 17.7 Å². The second-order valence-electron chi connectivity index (χ2n) is 6.85. The summed E-state index contributed by atoms with van der Waals surface area (Å²) >= 11 is 1.08. The van der Waals surface area contributed by atoms with Gasteiger partial charge in [-0.1, -0.05) is 6.07 Å². The number of rotatable bonds is 9. The van der Waals surface area contributed by atoms with E-state index in [1.165, 1.54) is 42.1 Å². The van der Waals surface area contributed by atoms with E-state index >= 15 is 0 Å². The van der Waals surface area contributed by atoms with Crippen molar-refractivity contribution in [2.75, 3.05) is 25.9 Å². The van der Waals surface area contributed by atoms with Crippen molar-refractivity contribution in [2.45, 2.75) is 17.1 Å². The lowest BCUT2D eigenvalue weighted by molar-refractivity contribution is -0.121. The Morgan fingerprint density at radius 3 is 2.69 bits per heavy atom. The number of hydrogen-bond acceptors (Lipinski definition) is 7. The number of nitrogen functional groups attached to an aromatic ring is 1. The molecule has 12 heteroatoms. The minimum absolute atomic E-state index is 0.151. The van der Waals surface area contributed by atoms with E-state index in [-0.39, 0.29) is 28.7 Å². The molecule has 2 aromatic heterocycles. The van der Waals surface area contributed by atoms with Crippen molar-refractivity contribution in [3.05, 3.63) is 58.9 Å². The van der Waals surface area contributed by atoms with Gasteiger partial charge in [0.25, 0.3) is 10.0 Å². The Hall–Kier alpha value is -3.27. The molecular weight excluding hydrogens is 455 g/mol. The standard InChI is InChI=1S/C20H21FN6O3S2/c1-26(32(29,30)19-5-3-11-31-19)13-18(28)24-10-2-4-17-16(12-22)20(23)27(25-17)15-8-6-14(21)7-9-15/h3,5-9,11H,2,4,10,13,23H2,1H3,(H,24,28). The van der Waals surface area contributed by atoms with Crippen LogP contribution < -0.4 is 11.1 Å². The first kappa shape index (κ1) is 23.4. The van der Waals surface area contributed by atoms with E-state index in [2.05, 4.69) is 10.4 Å². The Kier molecular flexibility index (Phi) is 7.24. The first-order valence-electron chi connectivity index (χ1n) is 9.54. The van der Waals surface area contributed by atoms with E-state index < -0.39 is 21.7 Å². The summed E-state index contributed by atoms with van der Waals surface area (Å²) in [6.07, 6.45) is 0.826. The molecule has 3 rings (SSSR count). The highest BCUT2D eigenvalue weighted by Gasteiger charge is 2.23. The van der Waals surface area contributed by atoms with Crippen LogP contribution in [0.5, 0.6) is 0 Å². The molecule has 0 aliphatic rings. The number of nitrogens with one attached hydrogen (secondary N) is 1. The normalized spacial score (nSPS) is 11.4. The highest BCUT2D eigenvalue weighted by molar-refractivity contribution is 7.91. The van der Waals surface area contributed by atoms with Gasteiger partial charge in [-0.25, -0.2) is 17.5 Å². The van der Waals surface area contributed by atoms with Gasteiger partial charge in [-0.05, 0) is 48.6 Å². The van der Waals surface area contributed by atoms with Gasteiger partial charge in [0.1, 0.15) is 27.5 Å². The van der Waals surface area contributed by atoms with Crippen molar-refractivity contribution < 1.29 is 17.6 Å². The number of benzene rings is 1. The number of amides is 1. The number of hydrogen-bond donors (Lipinski definition) is 2. The predicted octanol–water partition coefficient (Wildman–Crippen LogP) is 1.90. The molecule has 3 aromatic rings. The SMILES string of the molecule is CN(CC(=O)NCCCc1nn(-c2ccc(F)cc2)c(N)c1C#N)S(=O)(=O)c1cccs1. The average Bonchev–Trinajstić information content (AvgIpc) is 3.40. The third-order valence-electron chi connectivity index (χ3n) is 4.62. The lowest BCUT2D eigenvalue weighted by atomic mass is 10.1. The third-order valence-corrected chi connectivity index (χ3v) is 7.79. The van der Waals surface area contributed by atoms with Gasteiger partial charge in [-0.15, -0.1) is 11.3 Å². The van der Waals surface area contributed by atoms with Gasteiger partial charge in [-0.2, -0.15) is 14.7 Å². The fourth-order valence-corrected chi connectivity index (χ4v) is 5.27. The van der Waals surface area contributed by atoms with Crippen LogP contribution in [0.4, 0.5) is 10.2 Å². The zero-order valence-corrected chi connectivity index (χ0v) is 18.8. The molecule has 0 atom stereocenters. The summed E-state index contributed by atoms with van der Waals surface area (Å²) in [5, 5.41) is 18.1. The van der Waals surface area contributed by atoms with Crippen molar-refractivity contribution in [1.29, 1.82) is 5.26 Å². The van der Waals surface area contributed by atoms with Crippen molar-refractivity contribution >= 4 is 33.1 Å². The third kappa shape index (κ3) is 5.13. The number of halogens is 1. The molecule has 168 valence electrons. The summed E-state index contributed by atoms with van der Waals surface area (Å²) in [5.41, 5.74) is 7.23. The van der Waals surface area contributed by atoms with Crippen LogP contribution in [0.3, 0.4) is 0 Å². The van der Waals surface area contributed by atoms with E-state index in [0.717, 1.165) is 15.6 Å². The molecule has 9 nitrogen and oxygen atoms in total. The number of nitrogens with two attached hydrogens (primary N) is 1. The first-order chi connectivity index (χ1) is 15.2. The summed E-state index contributed by atoms with van der Waals surface area (Å²) in [4.78, 5) is 12.1. The summed E-state index contributed by atoms with van der Waals surface area (Å²) in [7, 11) is -2.35. The highest BCUT2D eigenvalue weighted by atomic mass is 32.2. The second kappa shape index (κ2) is 9.90. The minimum Gasteiger partial charge on any atom is -0.382 e. The molecule has 1 amide bonds. The number of aryl methyl sites for hydroxylation is 1. The number of likely N-dealkylation sites (N-methyl/N-ethyl adjacent to an activating group) is 1. The van der Waals surface area contributed by atoms with Crippen molar-refractivity contribution in [2.24, 2.45) is 0 Å². The second-order valence-corrected chi connectivity index (χ2v) is 10.1. The van der Waals surface area contributed by atoms with Crippen molar-refractivity contribution in [3.63, 3.8) is 0 Å². The number of nitrogens with zero attached hydrogens (tertiary/aromatic N) is 4. The van der Waals surface area contributed by atoms with E-state index in [0.29, 0.717) is 24.2 Å². The van der Waals surface area contributed by atoms with Crippen LogP contribution in [-0.4, -0.2) is 48.5 Å². The number of aromatic nitrogens is 2. The summed E-state index contributed by atoms with van der Waals surface area (Å²) < 4.78 is 40.4. The largest absolute Gasteiger partial charge is 0.382 e. The predicted molar refractivity (Wildman–Crippen MR) is 118 cm³/mol. The van der Waals surface area contributed by atoms with Crippen LogP contribution in [0.2, 0.25) is 0 Å². The molecule has 0 fully saturated rings. The Morgan fingerprint density at radius 1 is 1.34 bits per heavy atom. The van der Waals surface area contributed by atoms with E-state index in [1.54, 1.807) is 11.4 Å². The summed E-state index contributed by atoms with van der Waals surface area (Å²) in [5.74, 6) is -0.687. The van der Waals surface area contributed by atoms with Gasteiger partial charge in [0.05, 0.1) is 17.9 Å². The van der Waals surface area contributed by atoms with Crippen LogP contribution in [0.25, 0.3) is 5.69 Å². The smallest absolute Gasteiger partial charge is 0.252 e. The van der Waals surface area contributed by atoms with Crippen LogP contribution in [0.15, 0.2) is 46.0 Å². The molecule has 0 saturated heterocycles. The van der Waals surface area contributed by atoms with E-state index in [1.807, 2.05) is 6.07 Å². The fraction of sp³-hybridized carbons (Fsp3) is 0.250. The Morgan fingerprint density at radius 2 is 2.06 bits per heavy atom. The van der Waals surface area contributed by atoms with Crippen molar-refractivity contribution in [1.82, 2.24) is 19.4 Å². The zero-order valence-electron chi connectivity index (χ0n) is 17.2. The number of sulfonamides is 1. The molecule has 0 spiro atoms. The highest BCUT2D eigenvalue weighted by Crippen LogP contribution is 2.22. The fourth-order valence-electron chi connectivity index (χ4n) is 2.94. The molecule has 0 radical (unpaired) electrons. The van der Waals surface area contributed by atoms with Gasteiger partial charge in [0, 0.05) is 13.6 Å². The lowest BCUT2D eigenvalue weighted by Crippen LogP contribution is -2.38. The molecule has 0 unspecified atom stereocenters. The Balaban J connectivity index is 1.55. The maximum absolute atomic E-state index is 13.2. The average molecular weight is 477 g/mol. The van der Waals surface area contributed by atoms with Gasteiger partial charge >= 0.3 is 0 Å². The van der Waals surface area contributed by atoms with Crippen LogP contribution in [-0.2, 0) is 21.2 Å².